The van der Waals surface area contributed by atoms with Crippen LogP contribution in [0.1, 0.15) is 5.56 Å². The second-order valence-electron chi connectivity index (χ2n) is 4.28. The molecule has 0 aliphatic carbocycles. The summed E-state index contributed by atoms with van der Waals surface area (Å²) in [5.41, 5.74) is -0.0924. The second-order valence-corrected chi connectivity index (χ2v) is 5.53. The van der Waals surface area contributed by atoms with Crippen LogP contribution in [-0.4, -0.2) is 5.11 Å². The highest BCUT2D eigenvalue weighted by atomic mass is 35.5. The molecule has 0 atom stereocenters. The van der Waals surface area contributed by atoms with E-state index in [1.54, 1.807) is 18.2 Å². The number of anilines is 2. The maximum absolute atomic E-state index is 12.6. The van der Waals surface area contributed by atoms with E-state index < -0.39 is 11.7 Å². The van der Waals surface area contributed by atoms with Crippen LogP contribution in [-0.2, 0) is 6.18 Å². The SMILES string of the molecule is FC(F)(F)c1cccc(NC(=S)Nc2cc(Cl)ccc2Cl)c1. The summed E-state index contributed by atoms with van der Waals surface area (Å²) in [5.74, 6) is 0. The highest BCUT2D eigenvalue weighted by molar-refractivity contribution is 7.80. The van der Waals surface area contributed by atoms with Crippen molar-refractivity contribution < 1.29 is 13.2 Å². The molecule has 0 saturated carbocycles. The minimum absolute atomic E-state index is 0.100. The Morgan fingerprint density at radius 3 is 2.41 bits per heavy atom. The van der Waals surface area contributed by atoms with Crippen LogP contribution in [0, 0.1) is 0 Å². The summed E-state index contributed by atoms with van der Waals surface area (Å²) in [6, 6.07) is 9.47. The highest BCUT2D eigenvalue weighted by Gasteiger charge is 2.30. The molecular weight excluding hydrogens is 356 g/mol. The molecular formula is C14H9Cl2F3N2S. The van der Waals surface area contributed by atoms with Crippen LogP contribution in [0.4, 0.5) is 24.5 Å². The molecule has 0 aromatic heterocycles. The molecule has 0 spiro atoms. The quantitative estimate of drug-likeness (QED) is 0.656. The molecule has 0 aliphatic heterocycles. The number of thiocarbonyl (C=S) groups is 1. The van der Waals surface area contributed by atoms with Crippen LogP contribution in [0.15, 0.2) is 42.5 Å². The van der Waals surface area contributed by atoms with Gasteiger partial charge in [-0.25, -0.2) is 0 Å². The molecule has 0 fully saturated rings. The van der Waals surface area contributed by atoms with Gasteiger partial charge in [-0.1, -0.05) is 29.3 Å². The van der Waals surface area contributed by atoms with Gasteiger partial charge in [-0.05, 0) is 48.6 Å². The Morgan fingerprint density at radius 2 is 1.73 bits per heavy atom. The lowest BCUT2D eigenvalue weighted by molar-refractivity contribution is -0.137. The molecule has 2 N–H and O–H groups in total. The minimum atomic E-state index is -4.41. The lowest BCUT2D eigenvalue weighted by atomic mass is 10.2. The van der Waals surface area contributed by atoms with E-state index in [0.29, 0.717) is 15.7 Å². The number of hydrogen-bond donors (Lipinski definition) is 2. The molecule has 0 bridgehead atoms. The number of alkyl halides is 3. The fraction of sp³-hybridized carbons (Fsp3) is 0.0714. The minimum Gasteiger partial charge on any atom is -0.332 e. The van der Waals surface area contributed by atoms with E-state index in [9.17, 15) is 13.2 Å². The monoisotopic (exact) mass is 364 g/mol. The van der Waals surface area contributed by atoms with Crippen LogP contribution >= 0.6 is 35.4 Å². The van der Waals surface area contributed by atoms with Crippen LogP contribution in [0.2, 0.25) is 10.0 Å². The molecule has 0 radical (unpaired) electrons. The van der Waals surface area contributed by atoms with Crippen molar-refractivity contribution in [2.45, 2.75) is 6.18 Å². The van der Waals surface area contributed by atoms with Gasteiger partial charge in [0.25, 0.3) is 0 Å². The van der Waals surface area contributed by atoms with Gasteiger partial charge in [0.05, 0.1) is 16.3 Å². The first-order valence-corrected chi connectivity index (χ1v) is 7.12. The topological polar surface area (TPSA) is 24.1 Å². The fourth-order valence-electron chi connectivity index (χ4n) is 1.65. The van der Waals surface area contributed by atoms with Gasteiger partial charge in [-0.15, -0.1) is 0 Å². The Kier molecular flexibility index (Phi) is 5.16. The smallest absolute Gasteiger partial charge is 0.332 e. The molecule has 0 aliphatic rings. The Bertz CT molecular complexity index is 705. The molecule has 8 heteroatoms. The summed E-state index contributed by atoms with van der Waals surface area (Å²) < 4.78 is 37.9. The van der Waals surface area contributed by atoms with E-state index in [4.69, 9.17) is 35.4 Å². The number of rotatable bonds is 2. The Morgan fingerprint density at radius 1 is 1.00 bits per heavy atom. The normalized spacial score (nSPS) is 11.1. The first-order valence-electron chi connectivity index (χ1n) is 5.96. The third-order valence-electron chi connectivity index (χ3n) is 2.62. The van der Waals surface area contributed by atoms with E-state index in [1.165, 1.54) is 12.1 Å². The summed E-state index contributed by atoms with van der Waals surface area (Å²) >= 11 is 16.9. The third-order valence-corrected chi connectivity index (χ3v) is 3.39. The standard InChI is InChI=1S/C14H9Cl2F3N2S/c15-9-4-5-11(16)12(7-9)21-13(22)20-10-3-1-2-8(6-10)14(17,18)19/h1-7H,(H2,20,21,22). The van der Waals surface area contributed by atoms with Gasteiger partial charge in [0.15, 0.2) is 5.11 Å². The summed E-state index contributed by atoms with van der Waals surface area (Å²) in [4.78, 5) is 0. The first kappa shape index (κ1) is 16.9. The van der Waals surface area contributed by atoms with Gasteiger partial charge >= 0.3 is 6.18 Å². The molecule has 22 heavy (non-hydrogen) atoms. The molecule has 0 amide bonds. The van der Waals surface area contributed by atoms with Crippen molar-refractivity contribution >= 4 is 51.9 Å². The van der Waals surface area contributed by atoms with Gasteiger partial charge in [0, 0.05) is 10.7 Å². The maximum Gasteiger partial charge on any atom is 0.416 e. The largest absolute Gasteiger partial charge is 0.416 e. The van der Waals surface area contributed by atoms with Crippen molar-refractivity contribution in [2.75, 3.05) is 10.6 Å². The zero-order valence-electron chi connectivity index (χ0n) is 10.8. The molecule has 116 valence electrons. The average Bonchev–Trinajstić information content (AvgIpc) is 2.42. The molecule has 0 heterocycles. The maximum atomic E-state index is 12.6. The van der Waals surface area contributed by atoms with Crippen LogP contribution in [0.3, 0.4) is 0 Å². The van der Waals surface area contributed by atoms with Crippen LogP contribution < -0.4 is 10.6 Å². The molecule has 2 aromatic rings. The second kappa shape index (κ2) is 6.73. The zero-order chi connectivity index (χ0) is 16.3. The van der Waals surface area contributed by atoms with Crippen LogP contribution in [0.25, 0.3) is 0 Å². The van der Waals surface area contributed by atoms with Crippen LogP contribution in [0.5, 0.6) is 0 Å². The Labute approximate surface area is 140 Å². The van der Waals surface area contributed by atoms with Crippen molar-refractivity contribution in [3.05, 3.63) is 58.1 Å². The highest BCUT2D eigenvalue weighted by Crippen LogP contribution is 2.31. The van der Waals surface area contributed by atoms with Crippen molar-refractivity contribution in [3.8, 4) is 0 Å². The van der Waals surface area contributed by atoms with Gasteiger partial charge < -0.3 is 10.6 Å². The van der Waals surface area contributed by atoms with Crippen molar-refractivity contribution in [1.29, 1.82) is 0 Å². The first-order chi connectivity index (χ1) is 10.3. The van der Waals surface area contributed by atoms with Crippen molar-refractivity contribution in [3.63, 3.8) is 0 Å². The van der Waals surface area contributed by atoms with E-state index >= 15 is 0 Å². The molecule has 2 aromatic carbocycles. The van der Waals surface area contributed by atoms with Gasteiger partial charge in [0.1, 0.15) is 0 Å². The molecule has 0 saturated heterocycles. The number of hydrogen-bond acceptors (Lipinski definition) is 1. The molecule has 2 nitrogen and oxygen atoms in total. The van der Waals surface area contributed by atoms with E-state index in [-0.39, 0.29) is 10.8 Å². The number of benzene rings is 2. The lowest BCUT2D eigenvalue weighted by Gasteiger charge is -2.13. The summed E-state index contributed by atoms with van der Waals surface area (Å²) in [7, 11) is 0. The number of halogens is 5. The summed E-state index contributed by atoms with van der Waals surface area (Å²) in [6.07, 6.45) is -4.41. The summed E-state index contributed by atoms with van der Waals surface area (Å²) in [6.45, 7) is 0. The van der Waals surface area contributed by atoms with Gasteiger partial charge in [0.2, 0.25) is 0 Å². The molecule has 0 unspecified atom stereocenters. The fourth-order valence-corrected chi connectivity index (χ4v) is 2.22. The zero-order valence-corrected chi connectivity index (χ0v) is 13.2. The summed E-state index contributed by atoms with van der Waals surface area (Å²) in [5, 5.41) is 6.39. The number of nitrogens with one attached hydrogen (secondary N) is 2. The van der Waals surface area contributed by atoms with Crippen molar-refractivity contribution in [1.82, 2.24) is 0 Å². The van der Waals surface area contributed by atoms with E-state index in [0.717, 1.165) is 12.1 Å². The predicted octanol–water partition coefficient (Wildman–Crippen LogP) is 5.82. The predicted molar refractivity (Wildman–Crippen MR) is 87.7 cm³/mol. The lowest BCUT2D eigenvalue weighted by Crippen LogP contribution is -2.19. The van der Waals surface area contributed by atoms with E-state index in [1.807, 2.05) is 0 Å². The average molecular weight is 365 g/mol. The third kappa shape index (κ3) is 4.50. The van der Waals surface area contributed by atoms with Gasteiger partial charge in [-0.3, -0.25) is 0 Å². The Hall–Kier alpha value is -1.50. The van der Waals surface area contributed by atoms with Crippen molar-refractivity contribution in [2.24, 2.45) is 0 Å². The Balaban J connectivity index is 2.11. The van der Waals surface area contributed by atoms with E-state index in [2.05, 4.69) is 10.6 Å². The van der Waals surface area contributed by atoms with Gasteiger partial charge in [-0.2, -0.15) is 13.2 Å². The molecule has 2 rings (SSSR count).